The Labute approximate surface area is 280 Å². The van der Waals surface area contributed by atoms with Crippen molar-refractivity contribution in [2.24, 2.45) is 5.92 Å². The van der Waals surface area contributed by atoms with Gasteiger partial charge in [0.05, 0.1) is 50.9 Å². The fourth-order valence-corrected chi connectivity index (χ4v) is 6.46. The van der Waals surface area contributed by atoms with Crippen LogP contribution >= 0.6 is 0 Å². The number of nitrogens with zero attached hydrogens (tertiary/aromatic N) is 1. The van der Waals surface area contributed by atoms with Gasteiger partial charge in [0, 0.05) is 37.7 Å². The van der Waals surface area contributed by atoms with E-state index in [-0.39, 0.29) is 28.8 Å². The highest BCUT2D eigenvalue weighted by molar-refractivity contribution is 6.04. The van der Waals surface area contributed by atoms with Gasteiger partial charge in [0.15, 0.2) is 11.5 Å². The number of amides is 2. The fraction of sp³-hybridized carbons (Fsp3) is 0.378. The Balaban J connectivity index is 1.56. The third-order valence-electron chi connectivity index (χ3n) is 8.78. The summed E-state index contributed by atoms with van der Waals surface area (Å²) in [5, 5.41) is 10.3. The molecule has 254 valence electrons. The number of hydrogen-bond donors (Lipinski definition) is 3. The summed E-state index contributed by atoms with van der Waals surface area (Å²) in [4.78, 5) is 40.1. The van der Waals surface area contributed by atoms with Crippen LogP contribution in [-0.4, -0.2) is 57.5 Å². The summed E-state index contributed by atoms with van der Waals surface area (Å²) in [6.07, 6.45) is 3.11. The van der Waals surface area contributed by atoms with Crippen molar-refractivity contribution in [2.75, 3.05) is 45.7 Å². The van der Waals surface area contributed by atoms with Crippen LogP contribution < -0.4 is 35.6 Å². The van der Waals surface area contributed by atoms with Crippen molar-refractivity contribution in [1.82, 2.24) is 9.88 Å². The molecule has 0 radical (unpaired) electrons. The van der Waals surface area contributed by atoms with E-state index in [1.54, 1.807) is 40.6 Å². The number of rotatable bonds is 12. The van der Waals surface area contributed by atoms with Crippen molar-refractivity contribution in [3.8, 4) is 28.4 Å². The molecule has 0 spiro atoms. The minimum absolute atomic E-state index is 0.164. The summed E-state index contributed by atoms with van der Waals surface area (Å²) in [5.41, 5.74) is 4.63. The van der Waals surface area contributed by atoms with Gasteiger partial charge in [0.1, 0.15) is 6.04 Å². The number of fused-ring (bicyclic) bond motifs is 4. The molecule has 11 nitrogen and oxygen atoms in total. The normalized spacial score (nSPS) is 14.4. The zero-order valence-electron chi connectivity index (χ0n) is 28.6. The first-order valence-corrected chi connectivity index (χ1v) is 16.0. The van der Waals surface area contributed by atoms with Crippen molar-refractivity contribution in [3.05, 3.63) is 76.1 Å². The molecule has 3 N–H and O–H groups in total. The number of anilines is 2. The van der Waals surface area contributed by atoms with Crippen LogP contribution in [-0.2, 0) is 27.3 Å². The van der Waals surface area contributed by atoms with E-state index in [2.05, 4.69) is 20.5 Å². The predicted molar refractivity (Wildman–Crippen MR) is 187 cm³/mol. The van der Waals surface area contributed by atoms with Gasteiger partial charge in [-0.15, -0.1) is 0 Å². The standard InChI is InChI=1S/C37H44N4O7/c1-21(2)34(37(44)40-27-9-8-10-30-25(27)15-16-41(30)17-18-45-4)39-29-14-12-24-26(20-31(29)43)28(38-22(3)42)13-11-23-19-32(46-5)35(47-6)36(48-7)33(23)24/h8-10,12,14-16,19-21,28,34H,11,13,17-18H2,1-7H3,(H,38,42)(H,39,43)(H,40,44). The third kappa shape index (κ3) is 6.82. The molecule has 0 fully saturated rings. The number of aryl methyl sites for hydroxylation is 1. The lowest BCUT2D eigenvalue weighted by atomic mass is 9.95. The van der Waals surface area contributed by atoms with Gasteiger partial charge < -0.3 is 39.5 Å². The zero-order valence-corrected chi connectivity index (χ0v) is 28.6. The van der Waals surface area contributed by atoms with E-state index in [0.717, 1.165) is 22.0 Å². The highest BCUT2D eigenvalue weighted by Crippen LogP contribution is 2.50. The quantitative estimate of drug-likeness (QED) is 0.181. The lowest BCUT2D eigenvalue weighted by Crippen LogP contribution is -2.40. The number of carbonyl (C=O) groups excluding carboxylic acids is 2. The molecule has 1 aliphatic rings. The van der Waals surface area contributed by atoms with E-state index >= 15 is 0 Å². The second kappa shape index (κ2) is 14.8. The molecule has 4 aromatic rings. The molecule has 2 unspecified atom stereocenters. The number of aromatic nitrogens is 1. The van der Waals surface area contributed by atoms with Crippen LogP contribution in [0, 0.1) is 5.92 Å². The van der Waals surface area contributed by atoms with Crippen LogP contribution in [0.2, 0.25) is 0 Å². The molecule has 5 rings (SSSR count). The highest BCUT2D eigenvalue weighted by Gasteiger charge is 2.30. The molecule has 48 heavy (non-hydrogen) atoms. The van der Waals surface area contributed by atoms with Gasteiger partial charge in [0.2, 0.25) is 23.0 Å². The molecule has 2 amide bonds. The van der Waals surface area contributed by atoms with Crippen LogP contribution in [0.25, 0.3) is 22.0 Å². The Morgan fingerprint density at radius 3 is 2.40 bits per heavy atom. The number of carbonyl (C=O) groups is 2. The number of benzene rings is 2. The highest BCUT2D eigenvalue weighted by atomic mass is 16.5. The fourth-order valence-electron chi connectivity index (χ4n) is 6.46. The van der Waals surface area contributed by atoms with Crippen molar-refractivity contribution in [2.45, 2.75) is 52.2 Å². The molecule has 1 aromatic heterocycles. The minimum atomic E-state index is -0.733. The smallest absolute Gasteiger partial charge is 0.247 e. The molecule has 0 saturated carbocycles. The van der Waals surface area contributed by atoms with Crippen LogP contribution in [0.15, 0.2) is 59.5 Å². The molecule has 1 heterocycles. The van der Waals surface area contributed by atoms with E-state index < -0.39 is 12.1 Å². The number of nitrogens with one attached hydrogen (secondary N) is 3. The molecule has 11 heteroatoms. The summed E-state index contributed by atoms with van der Waals surface area (Å²) in [5.74, 6) is 0.770. The van der Waals surface area contributed by atoms with Gasteiger partial charge in [-0.05, 0) is 71.8 Å². The summed E-state index contributed by atoms with van der Waals surface area (Å²) < 4.78 is 24.5. The Morgan fingerprint density at radius 2 is 1.73 bits per heavy atom. The van der Waals surface area contributed by atoms with Gasteiger partial charge in [-0.1, -0.05) is 26.0 Å². The van der Waals surface area contributed by atoms with E-state index in [0.29, 0.717) is 60.1 Å². The number of methoxy groups -OCH3 is 4. The summed E-state index contributed by atoms with van der Waals surface area (Å²) >= 11 is 0. The summed E-state index contributed by atoms with van der Waals surface area (Å²) in [7, 11) is 6.33. The monoisotopic (exact) mass is 656 g/mol. The Morgan fingerprint density at radius 1 is 0.958 bits per heavy atom. The van der Waals surface area contributed by atoms with Crippen molar-refractivity contribution in [3.63, 3.8) is 0 Å². The largest absolute Gasteiger partial charge is 0.493 e. The van der Waals surface area contributed by atoms with Crippen LogP contribution in [0.5, 0.6) is 17.2 Å². The first-order valence-electron chi connectivity index (χ1n) is 16.0. The lowest BCUT2D eigenvalue weighted by Gasteiger charge is -2.22. The molecule has 0 saturated heterocycles. The second-order valence-electron chi connectivity index (χ2n) is 12.2. The van der Waals surface area contributed by atoms with Gasteiger partial charge in [0.25, 0.3) is 0 Å². The summed E-state index contributed by atoms with van der Waals surface area (Å²) in [6.45, 7) is 6.57. The SMILES string of the molecule is COCCn1ccc2c(NC(=O)C(Nc3ccc4c(cc3=O)C(NC(C)=O)CCc3cc(OC)c(OC)c(OC)c3-4)C(C)C)cccc21. The van der Waals surface area contributed by atoms with Crippen LogP contribution in [0.3, 0.4) is 0 Å². The van der Waals surface area contributed by atoms with E-state index in [1.807, 2.05) is 56.4 Å². The third-order valence-corrected chi connectivity index (χ3v) is 8.78. The van der Waals surface area contributed by atoms with E-state index in [1.165, 1.54) is 6.92 Å². The van der Waals surface area contributed by atoms with Crippen molar-refractivity contribution < 1.29 is 28.5 Å². The van der Waals surface area contributed by atoms with Gasteiger partial charge in [-0.3, -0.25) is 14.4 Å². The number of hydrogen-bond acceptors (Lipinski definition) is 8. The van der Waals surface area contributed by atoms with E-state index in [4.69, 9.17) is 18.9 Å². The minimum Gasteiger partial charge on any atom is -0.493 e. The molecule has 2 atom stereocenters. The first-order chi connectivity index (χ1) is 23.1. The van der Waals surface area contributed by atoms with Gasteiger partial charge in [-0.25, -0.2) is 0 Å². The molecule has 0 bridgehead atoms. The Kier molecular flexibility index (Phi) is 10.6. The van der Waals surface area contributed by atoms with Crippen molar-refractivity contribution in [1.29, 1.82) is 0 Å². The topological polar surface area (TPSA) is 129 Å². The average molecular weight is 657 g/mol. The molecular formula is C37H44N4O7. The maximum atomic E-state index is 13.9. The summed E-state index contributed by atoms with van der Waals surface area (Å²) in [6, 6.07) is 13.6. The van der Waals surface area contributed by atoms with Crippen LogP contribution in [0.4, 0.5) is 11.4 Å². The van der Waals surface area contributed by atoms with Gasteiger partial charge >= 0.3 is 0 Å². The van der Waals surface area contributed by atoms with E-state index in [9.17, 15) is 14.4 Å². The van der Waals surface area contributed by atoms with Crippen molar-refractivity contribution >= 4 is 34.1 Å². The van der Waals surface area contributed by atoms with Gasteiger partial charge in [-0.2, -0.15) is 0 Å². The molecule has 3 aromatic carbocycles. The Hall–Kier alpha value is -5.03. The molecule has 0 aliphatic heterocycles. The first kappa shape index (κ1) is 34.3. The molecule has 1 aliphatic carbocycles. The second-order valence-corrected chi connectivity index (χ2v) is 12.2. The maximum Gasteiger partial charge on any atom is 0.247 e. The molecular weight excluding hydrogens is 612 g/mol. The Bertz CT molecular complexity index is 1880. The average Bonchev–Trinajstić information content (AvgIpc) is 3.34. The zero-order chi connectivity index (χ0) is 34.5. The lowest BCUT2D eigenvalue weighted by molar-refractivity contribution is -0.120. The van der Waals surface area contributed by atoms with Crippen LogP contribution in [0.1, 0.15) is 44.4 Å². The predicted octanol–water partition coefficient (Wildman–Crippen LogP) is 5.54. The maximum absolute atomic E-state index is 13.9. The number of ether oxygens (including phenoxy) is 4.